The molecule has 8 nitrogen and oxygen atoms in total. The van der Waals surface area contributed by atoms with Gasteiger partial charge in [0.25, 0.3) is 0 Å². The number of carbonyl (C=O) groups is 2. The van der Waals surface area contributed by atoms with Crippen molar-refractivity contribution in [1.82, 2.24) is 25.6 Å². The number of carbonyl (C=O) groups excluding carboxylic acids is 1. The minimum Gasteiger partial charge on any atom is -0.465 e. The summed E-state index contributed by atoms with van der Waals surface area (Å²) in [4.78, 5) is 24.8. The minimum atomic E-state index is -0.829. The Morgan fingerprint density at radius 1 is 1.36 bits per heavy atom. The highest BCUT2D eigenvalue weighted by Gasteiger charge is 2.43. The molecule has 3 rings (SSSR count). The van der Waals surface area contributed by atoms with E-state index in [9.17, 15) is 14.7 Å². The third-order valence-electron chi connectivity index (χ3n) is 4.62. The van der Waals surface area contributed by atoms with E-state index in [1.807, 2.05) is 0 Å². The first-order chi connectivity index (χ1) is 10.6. The summed E-state index contributed by atoms with van der Waals surface area (Å²) in [6.07, 6.45) is 6.12. The molecule has 2 bridgehead atoms. The van der Waals surface area contributed by atoms with E-state index >= 15 is 0 Å². The number of amides is 2. The third kappa shape index (κ3) is 3.20. The summed E-state index contributed by atoms with van der Waals surface area (Å²) in [5, 5.41) is 22.4. The molecule has 120 valence electrons. The molecule has 2 amide bonds. The van der Waals surface area contributed by atoms with Gasteiger partial charge in [-0.05, 0) is 38.5 Å². The van der Waals surface area contributed by atoms with Gasteiger partial charge >= 0.3 is 6.09 Å². The molecule has 2 atom stereocenters. The van der Waals surface area contributed by atoms with Crippen molar-refractivity contribution >= 4 is 12.0 Å². The van der Waals surface area contributed by atoms with Crippen molar-refractivity contribution < 1.29 is 14.7 Å². The molecule has 3 heterocycles. The number of carboxylic acid groups (broad SMARTS) is 1. The van der Waals surface area contributed by atoms with E-state index in [0.717, 1.165) is 44.2 Å². The van der Waals surface area contributed by atoms with E-state index in [1.54, 1.807) is 11.1 Å². The number of H-pyrrole nitrogens is 1. The van der Waals surface area contributed by atoms with Gasteiger partial charge in [0, 0.05) is 30.7 Å². The van der Waals surface area contributed by atoms with Crippen molar-refractivity contribution in [2.24, 2.45) is 0 Å². The summed E-state index contributed by atoms with van der Waals surface area (Å²) < 4.78 is 0. The fraction of sp³-hybridized carbons (Fsp3) is 0.714. The molecule has 8 heteroatoms. The molecule has 0 saturated carbocycles. The van der Waals surface area contributed by atoms with Gasteiger partial charge < -0.3 is 15.3 Å². The van der Waals surface area contributed by atoms with Crippen LogP contribution in [0.5, 0.6) is 0 Å². The van der Waals surface area contributed by atoms with Crippen LogP contribution >= 0.6 is 0 Å². The second-order valence-corrected chi connectivity index (χ2v) is 6.13. The fourth-order valence-electron chi connectivity index (χ4n) is 3.68. The van der Waals surface area contributed by atoms with Crippen LogP contribution in [0.1, 0.15) is 44.2 Å². The lowest BCUT2D eigenvalue weighted by atomic mass is 9.97. The number of aromatic nitrogens is 3. The topological polar surface area (TPSA) is 111 Å². The highest BCUT2D eigenvalue weighted by Crippen LogP contribution is 2.35. The highest BCUT2D eigenvalue weighted by atomic mass is 16.4. The van der Waals surface area contributed by atoms with Crippen LogP contribution in [0, 0.1) is 0 Å². The second kappa shape index (κ2) is 6.33. The zero-order chi connectivity index (χ0) is 15.5. The van der Waals surface area contributed by atoms with Crippen LogP contribution in [0.15, 0.2) is 6.20 Å². The van der Waals surface area contributed by atoms with Crippen LogP contribution in [-0.2, 0) is 11.2 Å². The van der Waals surface area contributed by atoms with Gasteiger partial charge in [-0.15, -0.1) is 5.10 Å². The lowest BCUT2D eigenvalue weighted by molar-refractivity contribution is -0.122. The summed E-state index contributed by atoms with van der Waals surface area (Å²) in [5.74, 6) is 0.0386. The van der Waals surface area contributed by atoms with E-state index < -0.39 is 6.09 Å². The highest BCUT2D eigenvalue weighted by molar-refractivity contribution is 5.76. The molecule has 2 aliphatic rings. The molecule has 0 spiro atoms. The van der Waals surface area contributed by atoms with Gasteiger partial charge in [-0.2, -0.15) is 0 Å². The lowest BCUT2D eigenvalue weighted by Gasteiger charge is -2.37. The molecular formula is C14H21N5O3. The van der Waals surface area contributed by atoms with Crippen LogP contribution < -0.4 is 5.32 Å². The van der Waals surface area contributed by atoms with Gasteiger partial charge in [0.05, 0.1) is 5.69 Å². The predicted molar refractivity (Wildman–Crippen MR) is 77.2 cm³/mol. The van der Waals surface area contributed by atoms with Crippen molar-refractivity contribution in [2.75, 3.05) is 0 Å². The number of hydrogen-bond donors (Lipinski definition) is 3. The number of hydrogen-bond acceptors (Lipinski definition) is 4. The maximum atomic E-state index is 12.0. The monoisotopic (exact) mass is 307 g/mol. The van der Waals surface area contributed by atoms with Gasteiger partial charge in [-0.25, -0.2) is 4.79 Å². The van der Waals surface area contributed by atoms with Crippen LogP contribution in [0.2, 0.25) is 0 Å². The first-order valence-corrected chi connectivity index (χ1v) is 7.79. The number of piperidine rings is 1. The maximum Gasteiger partial charge on any atom is 0.407 e. The first kappa shape index (κ1) is 14.8. The Morgan fingerprint density at radius 3 is 2.68 bits per heavy atom. The molecule has 2 saturated heterocycles. The van der Waals surface area contributed by atoms with Crippen molar-refractivity contribution in [3.8, 4) is 0 Å². The van der Waals surface area contributed by atoms with E-state index in [-0.39, 0.29) is 24.0 Å². The van der Waals surface area contributed by atoms with Gasteiger partial charge in [0.1, 0.15) is 0 Å². The SMILES string of the molecule is O=C(CCCc1c[nH]nn1)NC1CC2CCC(C1)N2C(=O)O. The predicted octanol–water partition coefficient (Wildman–Crippen LogP) is 0.917. The number of nitrogens with one attached hydrogen (secondary N) is 2. The minimum absolute atomic E-state index is 0.0386. The molecule has 1 aromatic heterocycles. The van der Waals surface area contributed by atoms with E-state index in [0.29, 0.717) is 6.42 Å². The van der Waals surface area contributed by atoms with E-state index in [1.165, 1.54) is 0 Å². The normalized spacial score (nSPS) is 26.9. The summed E-state index contributed by atoms with van der Waals surface area (Å²) in [7, 11) is 0. The zero-order valence-electron chi connectivity index (χ0n) is 12.4. The molecule has 0 radical (unpaired) electrons. The third-order valence-corrected chi connectivity index (χ3v) is 4.62. The molecule has 0 aliphatic carbocycles. The number of aromatic amines is 1. The lowest BCUT2D eigenvalue weighted by Crippen LogP contribution is -2.52. The number of aryl methyl sites for hydroxylation is 1. The number of fused-ring (bicyclic) bond motifs is 2. The summed E-state index contributed by atoms with van der Waals surface area (Å²) in [5.41, 5.74) is 0.862. The number of rotatable bonds is 5. The smallest absolute Gasteiger partial charge is 0.407 e. The molecular weight excluding hydrogens is 286 g/mol. The average molecular weight is 307 g/mol. The molecule has 2 aliphatic heterocycles. The molecule has 1 aromatic rings. The zero-order valence-corrected chi connectivity index (χ0v) is 12.4. The Hall–Kier alpha value is -2.12. The maximum absolute atomic E-state index is 12.0. The summed E-state index contributed by atoms with van der Waals surface area (Å²) in [6.45, 7) is 0. The van der Waals surface area contributed by atoms with Gasteiger partial charge in [-0.1, -0.05) is 5.21 Å². The first-order valence-electron chi connectivity index (χ1n) is 7.79. The average Bonchev–Trinajstić information content (AvgIpc) is 3.06. The summed E-state index contributed by atoms with van der Waals surface area (Å²) >= 11 is 0. The number of nitrogens with zero attached hydrogens (tertiary/aromatic N) is 3. The van der Waals surface area contributed by atoms with Gasteiger partial charge in [0.2, 0.25) is 5.91 Å². The molecule has 22 heavy (non-hydrogen) atoms. The summed E-state index contributed by atoms with van der Waals surface area (Å²) in [6, 6.07) is 0.237. The van der Waals surface area contributed by atoms with Crippen LogP contribution in [0.3, 0.4) is 0 Å². The Bertz CT molecular complexity index is 519. The quantitative estimate of drug-likeness (QED) is 0.749. The van der Waals surface area contributed by atoms with Crippen molar-refractivity contribution in [1.29, 1.82) is 0 Å². The van der Waals surface area contributed by atoms with E-state index in [2.05, 4.69) is 20.7 Å². The van der Waals surface area contributed by atoms with Crippen LogP contribution in [0.25, 0.3) is 0 Å². The molecule has 2 unspecified atom stereocenters. The Labute approximate surface area is 128 Å². The van der Waals surface area contributed by atoms with Crippen molar-refractivity contribution in [3.63, 3.8) is 0 Å². The van der Waals surface area contributed by atoms with Crippen molar-refractivity contribution in [2.45, 2.75) is 63.1 Å². The molecule has 2 fully saturated rings. The largest absolute Gasteiger partial charge is 0.465 e. The molecule has 3 N–H and O–H groups in total. The Morgan fingerprint density at radius 2 is 2.09 bits per heavy atom. The fourth-order valence-corrected chi connectivity index (χ4v) is 3.68. The van der Waals surface area contributed by atoms with Gasteiger partial charge in [0.15, 0.2) is 0 Å². The standard InChI is InChI=1S/C14H21N5O3/c20-13(3-1-2-9-8-15-18-17-9)16-10-6-11-4-5-12(7-10)19(11)14(21)22/h8,10-12H,1-7H2,(H,16,20)(H,21,22)(H,15,17,18). The van der Waals surface area contributed by atoms with Crippen LogP contribution in [-0.4, -0.2) is 55.5 Å². The van der Waals surface area contributed by atoms with Crippen molar-refractivity contribution in [3.05, 3.63) is 11.9 Å². The second-order valence-electron chi connectivity index (χ2n) is 6.13. The van der Waals surface area contributed by atoms with E-state index in [4.69, 9.17) is 0 Å². The van der Waals surface area contributed by atoms with Gasteiger partial charge in [-0.3, -0.25) is 9.89 Å². The Kier molecular flexibility index (Phi) is 4.26. The molecule has 0 aromatic carbocycles. The Balaban J connectivity index is 1.42. The van der Waals surface area contributed by atoms with Crippen LogP contribution in [0.4, 0.5) is 4.79 Å².